The molecule has 146 valence electrons. The van der Waals surface area contributed by atoms with Crippen molar-refractivity contribution in [1.29, 1.82) is 0 Å². The van der Waals surface area contributed by atoms with Crippen molar-refractivity contribution in [1.82, 2.24) is 14.4 Å². The summed E-state index contributed by atoms with van der Waals surface area (Å²) in [4.78, 5) is 17.4. The van der Waals surface area contributed by atoms with E-state index in [4.69, 9.17) is 11.6 Å². The third-order valence-corrected chi connectivity index (χ3v) is 5.83. The molecule has 0 saturated carbocycles. The number of benzene rings is 2. The van der Waals surface area contributed by atoms with E-state index in [-0.39, 0.29) is 11.7 Å². The first-order chi connectivity index (χ1) is 13.5. The van der Waals surface area contributed by atoms with Crippen molar-refractivity contribution in [2.24, 2.45) is 7.05 Å². The smallest absolute Gasteiger partial charge is 0.272 e. The zero-order valence-corrected chi connectivity index (χ0v) is 16.6. The van der Waals surface area contributed by atoms with Gasteiger partial charge in [0, 0.05) is 50.7 Å². The molecule has 1 fully saturated rings. The Bertz CT molecular complexity index is 960. The minimum absolute atomic E-state index is 0.0210. The molecule has 0 spiro atoms. The van der Waals surface area contributed by atoms with E-state index < -0.39 is 0 Å². The highest BCUT2D eigenvalue weighted by Crippen LogP contribution is 2.30. The summed E-state index contributed by atoms with van der Waals surface area (Å²) in [6.07, 6.45) is 0.897. The number of nitrogens with zero attached hydrogens (tertiary/aromatic N) is 3. The number of hydrogen-bond donors (Lipinski definition) is 0. The van der Waals surface area contributed by atoms with Crippen LogP contribution in [0.5, 0.6) is 0 Å². The molecule has 3 aromatic rings. The number of fused-ring (bicyclic) bond motifs is 1. The molecule has 6 heteroatoms. The molecule has 28 heavy (non-hydrogen) atoms. The normalized spacial score (nSPS) is 15.8. The first kappa shape index (κ1) is 19.0. The molecular formula is C22H23ClFN3O. The molecule has 2 heterocycles. The highest BCUT2D eigenvalue weighted by molar-refractivity contribution is 6.38. The summed E-state index contributed by atoms with van der Waals surface area (Å²) in [6.45, 7) is 3.81. The van der Waals surface area contributed by atoms with Crippen molar-refractivity contribution >= 4 is 28.4 Å². The fourth-order valence-corrected chi connectivity index (χ4v) is 4.28. The van der Waals surface area contributed by atoms with Crippen LogP contribution in [0.4, 0.5) is 4.39 Å². The third-order valence-electron chi connectivity index (χ3n) is 5.44. The lowest BCUT2D eigenvalue weighted by Gasteiger charge is -2.22. The molecule has 1 aliphatic rings. The summed E-state index contributed by atoms with van der Waals surface area (Å²) in [5.41, 5.74) is 2.59. The highest BCUT2D eigenvalue weighted by Gasteiger charge is 2.26. The molecule has 4 rings (SSSR count). The molecule has 1 aromatic heterocycles. The van der Waals surface area contributed by atoms with E-state index in [2.05, 4.69) is 4.90 Å². The van der Waals surface area contributed by atoms with Gasteiger partial charge in [0.2, 0.25) is 0 Å². The van der Waals surface area contributed by atoms with Gasteiger partial charge in [0.25, 0.3) is 5.91 Å². The maximum absolute atomic E-state index is 13.2. The largest absolute Gasteiger partial charge is 0.338 e. The SMILES string of the molecule is Cn1c(C(=O)N2CCCN(Cc3ccc(F)cc3)CC2)c(Cl)c2ccccc21. The standard InChI is InChI=1S/C22H23ClFN3O/c1-25-19-6-3-2-5-18(19)20(23)21(25)22(28)27-12-4-11-26(13-14-27)15-16-7-9-17(24)10-8-16/h2-3,5-10H,4,11-15H2,1H3. The van der Waals surface area contributed by atoms with Gasteiger partial charge in [-0.2, -0.15) is 0 Å². The molecule has 0 unspecified atom stereocenters. The number of carbonyl (C=O) groups excluding carboxylic acids is 1. The number of halogens is 2. The Morgan fingerprint density at radius 1 is 1.04 bits per heavy atom. The highest BCUT2D eigenvalue weighted by atomic mass is 35.5. The second kappa shape index (κ2) is 7.94. The van der Waals surface area contributed by atoms with Gasteiger partial charge in [0.15, 0.2) is 0 Å². The summed E-state index contributed by atoms with van der Waals surface area (Å²) in [5.74, 6) is -0.240. The number of aromatic nitrogens is 1. The summed E-state index contributed by atoms with van der Waals surface area (Å²) in [7, 11) is 1.89. The molecule has 0 aliphatic carbocycles. The lowest BCUT2D eigenvalue weighted by Crippen LogP contribution is -2.36. The molecule has 1 aliphatic heterocycles. The third kappa shape index (κ3) is 3.64. The fourth-order valence-electron chi connectivity index (χ4n) is 3.91. The summed E-state index contributed by atoms with van der Waals surface area (Å²) >= 11 is 6.56. The Balaban J connectivity index is 1.48. The van der Waals surface area contributed by atoms with Gasteiger partial charge in [0.1, 0.15) is 11.5 Å². The molecule has 0 N–H and O–H groups in total. The van der Waals surface area contributed by atoms with Gasteiger partial charge in [-0.05, 0) is 30.2 Å². The van der Waals surface area contributed by atoms with Crippen molar-refractivity contribution in [2.45, 2.75) is 13.0 Å². The van der Waals surface area contributed by atoms with Gasteiger partial charge in [-0.3, -0.25) is 9.69 Å². The molecule has 2 aromatic carbocycles. The molecule has 1 amide bonds. The maximum atomic E-state index is 13.2. The fraction of sp³-hybridized carbons (Fsp3) is 0.318. The number of amides is 1. The molecule has 0 atom stereocenters. The Hall–Kier alpha value is -2.37. The summed E-state index contributed by atoms with van der Waals surface area (Å²) in [5, 5.41) is 1.43. The Labute approximate surface area is 169 Å². The molecule has 4 nitrogen and oxygen atoms in total. The van der Waals surface area contributed by atoms with E-state index >= 15 is 0 Å². The Morgan fingerprint density at radius 3 is 2.54 bits per heavy atom. The predicted octanol–water partition coefficient (Wildman–Crippen LogP) is 4.32. The van der Waals surface area contributed by atoms with Crippen LogP contribution in [0.3, 0.4) is 0 Å². The van der Waals surface area contributed by atoms with Gasteiger partial charge in [-0.15, -0.1) is 0 Å². The number of rotatable bonds is 3. The lowest BCUT2D eigenvalue weighted by molar-refractivity contribution is 0.0752. The van der Waals surface area contributed by atoms with Crippen LogP contribution in [0, 0.1) is 5.82 Å². The topological polar surface area (TPSA) is 28.5 Å². The van der Waals surface area contributed by atoms with E-state index in [0.717, 1.165) is 42.5 Å². The zero-order valence-electron chi connectivity index (χ0n) is 15.9. The van der Waals surface area contributed by atoms with Crippen molar-refractivity contribution in [2.75, 3.05) is 26.2 Å². The van der Waals surface area contributed by atoms with E-state index in [1.165, 1.54) is 12.1 Å². The van der Waals surface area contributed by atoms with Crippen molar-refractivity contribution in [3.63, 3.8) is 0 Å². The van der Waals surface area contributed by atoms with Crippen LogP contribution < -0.4 is 0 Å². The van der Waals surface area contributed by atoms with E-state index in [1.807, 2.05) is 52.9 Å². The lowest BCUT2D eigenvalue weighted by atomic mass is 10.2. The average molecular weight is 400 g/mol. The van der Waals surface area contributed by atoms with Gasteiger partial charge in [0.05, 0.1) is 5.02 Å². The quantitative estimate of drug-likeness (QED) is 0.656. The molecule has 0 bridgehead atoms. The number of para-hydroxylation sites is 1. The number of carbonyl (C=O) groups is 1. The van der Waals surface area contributed by atoms with Crippen LogP contribution in [0.25, 0.3) is 10.9 Å². The Morgan fingerprint density at radius 2 is 1.79 bits per heavy atom. The maximum Gasteiger partial charge on any atom is 0.272 e. The van der Waals surface area contributed by atoms with Crippen LogP contribution in [0.1, 0.15) is 22.5 Å². The first-order valence-corrected chi connectivity index (χ1v) is 9.91. The summed E-state index contributed by atoms with van der Waals surface area (Å²) in [6, 6.07) is 14.4. The van der Waals surface area contributed by atoms with Gasteiger partial charge in [-0.1, -0.05) is 41.9 Å². The monoisotopic (exact) mass is 399 g/mol. The minimum atomic E-state index is -0.219. The zero-order chi connectivity index (χ0) is 19.7. The van der Waals surface area contributed by atoms with Gasteiger partial charge >= 0.3 is 0 Å². The van der Waals surface area contributed by atoms with Crippen LogP contribution in [-0.4, -0.2) is 46.5 Å². The van der Waals surface area contributed by atoms with Gasteiger partial charge in [-0.25, -0.2) is 4.39 Å². The molecule has 1 saturated heterocycles. The second-order valence-electron chi connectivity index (χ2n) is 7.29. The molecule has 0 radical (unpaired) electrons. The van der Waals surface area contributed by atoms with Crippen LogP contribution >= 0.6 is 11.6 Å². The number of hydrogen-bond acceptors (Lipinski definition) is 2. The summed E-state index contributed by atoms with van der Waals surface area (Å²) < 4.78 is 15.0. The predicted molar refractivity (Wildman–Crippen MR) is 110 cm³/mol. The average Bonchev–Trinajstić information content (AvgIpc) is 2.85. The van der Waals surface area contributed by atoms with Crippen molar-refractivity contribution in [3.05, 3.63) is 70.6 Å². The van der Waals surface area contributed by atoms with Gasteiger partial charge < -0.3 is 9.47 Å². The van der Waals surface area contributed by atoms with E-state index in [0.29, 0.717) is 23.8 Å². The molecular weight excluding hydrogens is 377 g/mol. The van der Waals surface area contributed by atoms with Crippen molar-refractivity contribution < 1.29 is 9.18 Å². The van der Waals surface area contributed by atoms with Crippen LogP contribution in [0.15, 0.2) is 48.5 Å². The van der Waals surface area contributed by atoms with Crippen LogP contribution in [-0.2, 0) is 13.6 Å². The van der Waals surface area contributed by atoms with Crippen molar-refractivity contribution in [3.8, 4) is 0 Å². The van der Waals surface area contributed by atoms with E-state index in [1.54, 1.807) is 0 Å². The second-order valence-corrected chi connectivity index (χ2v) is 7.67. The van der Waals surface area contributed by atoms with Crippen LogP contribution in [0.2, 0.25) is 5.02 Å². The van der Waals surface area contributed by atoms with E-state index in [9.17, 15) is 9.18 Å². The number of aryl methyl sites for hydroxylation is 1. The minimum Gasteiger partial charge on any atom is -0.338 e. The first-order valence-electron chi connectivity index (χ1n) is 9.53. The Kier molecular flexibility index (Phi) is 5.38.